The van der Waals surface area contributed by atoms with E-state index in [0.717, 1.165) is 38.6 Å². The molecule has 0 bridgehead atoms. The first kappa shape index (κ1) is 16.0. The van der Waals surface area contributed by atoms with E-state index in [1.165, 1.54) is 5.56 Å². The molecule has 1 unspecified atom stereocenters. The van der Waals surface area contributed by atoms with Crippen molar-refractivity contribution in [2.45, 2.75) is 52.0 Å². The van der Waals surface area contributed by atoms with Gasteiger partial charge in [-0.25, -0.2) is 0 Å². The van der Waals surface area contributed by atoms with Gasteiger partial charge in [0, 0.05) is 25.0 Å². The van der Waals surface area contributed by atoms with Crippen LogP contribution in [0.15, 0.2) is 24.5 Å². The Morgan fingerprint density at radius 3 is 2.95 bits per heavy atom. The van der Waals surface area contributed by atoms with Crippen LogP contribution >= 0.6 is 0 Å². The molecule has 4 nitrogen and oxygen atoms in total. The summed E-state index contributed by atoms with van der Waals surface area (Å²) in [6, 6.07) is 4.41. The molecule has 2 rings (SSSR count). The third-order valence-corrected chi connectivity index (χ3v) is 4.63. The van der Waals surface area contributed by atoms with E-state index in [0.29, 0.717) is 12.6 Å². The van der Waals surface area contributed by atoms with Crippen LogP contribution in [0, 0.1) is 5.41 Å². The fraction of sp³-hybridized carbons (Fsp3) is 0.647. The lowest BCUT2D eigenvalue weighted by molar-refractivity contribution is -0.153. The number of aliphatic carboxylic acids is 1. The molecule has 1 aliphatic heterocycles. The molecule has 1 aliphatic rings. The number of carbonyl (C=O) groups is 1. The van der Waals surface area contributed by atoms with Gasteiger partial charge in [-0.15, -0.1) is 0 Å². The largest absolute Gasteiger partial charge is 0.481 e. The number of nitrogens with zero attached hydrogens (tertiary/aromatic N) is 2. The molecule has 1 fully saturated rings. The highest BCUT2D eigenvalue weighted by Gasteiger charge is 2.42. The Hall–Kier alpha value is -1.42. The molecular formula is C17H26N2O2. The van der Waals surface area contributed by atoms with Crippen LogP contribution in [0.2, 0.25) is 0 Å². The molecule has 2 heterocycles. The van der Waals surface area contributed by atoms with Gasteiger partial charge in [-0.05, 0) is 64.1 Å². The van der Waals surface area contributed by atoms with E-state index >= 15 is 0 Å². The second-order valence-corrected chi connectivity index (χ2v) is 6.47. The Kier molecular flexibility index (Phi) is 5.34. The van der Waals surface area contributed by atoms with Crippen molar-refractivity contribution in [2.24, 2.45) is 5.41 Å². The topological polar surface area (TPSA) is 53.4 Å². The second kappa shape index (κ2) is 7.03. The Balaban J connectivity index is 1.97. The highest BCUT2D eigenvalue weighted by atomic mass is 16.4. The summed E-state index contributed by atoms with van der Waals surface area (Å²) in [5.41, 5.74) is 0.625. The fourth-order valence-corrected chi connectivity index (χ4v) is 3.27. The van der Waals surface area contributed by atoms with E-state index in [1.807, 2.05) is 12.3 Å². The predicted octanol–water partition coefficient (Wildman–Crippen LogP) is 2.98. The standard InChI is InChI=1S/C17H26N2O2/c1-14(2)19-11-5-9-17(13-19,16(20)21)8-3-6-15-7-4-10-18-12-15/h4,7,10,12,14H,3,5-6,8-9,11,13H2,1-2H3,(H,20,21). The molecule has 4 heteroatoms. The maximum absolute atomic E-state index is 11.8. The summed E-state index contributed by atoms with van der Waals surface area (Å²) in [6.45, 7) is 6.00. The number of aromatic nitrogens is 1. The lowest BCUT2D eigenvalue weighted by Gasteiger charge is -2.42. The number of carboxylic acids is 1. The third kappa shape index (κ3) is 4.03. The zero-order valence-electron chi connectivity index (χ0n) is 13.1. The van der Waals surface area contributed by atoms with E-state index in [1.54, 1.807) is 6.20 Å². The van der Waals surface area contributed by atoms with E-state index in [-0.39, 0.29) is 0 Å². The molecule has 1 atom stereocenters. The molecule has 0 radical (unpaired) electrons. The van der Waals surface area contributed by atoms with Crippen LogP contribution in [0.5, 0.6) is 0 Å². The van der Waals surface area contributed by atoms with Gasteiger partial charge in [-0.1, -0.05) is 6.07 Å². The summed E-state index contributed by atoms with van der Waals surface area (Å²) in [6.07, 6.45) is 7.99. The Bertz CT molecular complexity index is 461. The number of pyridine rings is 1. The second-order valence-electron chi connectivity index (χ2n) is 6.47. The summed E-state index contributed by atoms with van der Waals surface area (Å²) in [5, 5.41) is 9.75. The van der Waals surface area contributed by atoms with Crippen molar-refractivity contribution < 1.29 is 9.90 Å². The van der Waals surface area contributed by atoms with Crippen LogP contribution in [0.3, 0.4) is 0 Å². The highest BCUT2D eigenvalue weighted by Crippen LogP contribution is 2.36. The van der Waals surface area contributed by atoms with Crippen LogP contribution < -0.4 is 0 Å². The first-order valence-corrected chi connectivity index (χ1v) is 7.90. The highest BCUT2D eigenvalue weighted by molar-refractivity contribution is 5.75. The van der Waals surface area contributed by atoms with Crippen LogP contribution in [-0.4, -0.2) is 40.1 Å². The molecule has 0 aromatic carbocycles. The van der Waals surface area contributed by atoms with Gasteiger partial charge in [-0.2, -0.15) is 0 Å². The number of rotatable bonds is 6. The first-order chi connectivity index (χ1) is 10.0. The normalized spacial score (nSPS) is 23.4. The molecule has 21 heavy (non-hydrogen) atoms. The minimum atomic E-state index is -0.626. The monoisotopic (exact) mass is 290 g/mol. The van der Waals surface area contributed by atoms with Gasteiger partial charge in [0.2, 0.25) is 0 Å². The zero-order valence-corrected chi connectivity index (χ0v) is 13.1. The van der Waals surface area contributed by atoms with Crippen LogP contribution in [0.25, 0.3) is 0 Å². The van der Waals surface area contributed by atoms with Crippen molar-refractivity contribution in [1.29, 1.82) is 0 Å². The quantitative estimate of drug-likeness (QED) is 0.875. The average molecular weight is 290 g/mol. The van der Waals surface area contributed by atoms with Gasteiger partial charge in [0.15, 0.2) is 0 Å². The zero-order chi connectivity index (χ0) is 15.3. The van der Waals surface area contributed by atoms with E-state index in [9.17, 15) is 9.90 Å². The maximum atomic E-state index is 11.8. The molecular weight excluding hydrogens is 264 g/mol. The van der Waals surface area contributed by atoms with Gasteiger partial charge in [-0.3, -0.25) is 14.7 Å². The van der Waals surface area contributed by atoms with Gasteiger partial charge < -0.3 is 5.11 Å². The SMILES string of the molecule is CC(C)N1CCCC(CCCc2cccnc2)(C(=O)O)C1. The van der Waals surface area contributed by atoms with Crippen LogP contribution in [-0.2, 0) is 11.2 Å². The number of aryl methyl sites for hydroxylation is 1. The minimum absolute atomic E-state index is 0.419. The lowest BCUT2D eigenvalue weighted by Crippen LogP contribution is -2.50. The number of piperidine rings is 1. The maximum Gasteiger partial charge on any atom is 0.310 e. The number of hydrogen-bond donors (Lipinski definition) is 1. The lowest BCUT2D eigenvalue weighted by atomic mass is 9.75. The van der Waals surface area contributed by atoms with Gasteiger partial charge in [0.1, 0.15) is 0 Å². The number of carboxylic acid groups (broad SMARTS) is 1. The molecule has 1 aromatic rings. The van der Waals surface area contributed by atoms with Crippen LogP contribution in [0.1, 0.15) is 45.1 Å². The van der Waals surface area contributed by atoms with Gasteiger partial charge in [0.25, 0.3) is 0 Å². The van der Waals surface area contributed by atoms with Crippen molar-refractivity contribution in [3.63, 3.8) is 0 Å². The van der Waals surface area contributed by atoms with Gasteiger partial charge in [0.05, 0.1) is 5.41 Å². The minimum Gasteiger partial charge on any atom is -0.481 e. The molecule has 0 saturated carbocycles. The van der Waals surface area contributed by atoms with Crippen LogP contribution in [0.4, 0.5) is 0 Å². The molecule has 0 spiro atoms. The van der Waals surface area contributed by atoms with Crippen molar-refractivity contribution in [3.05, 3.63) is 30.1 Å². The Morgan fingerprint density at radius 1 is 1.52 bits per heavy atom. The fourth-order valence-electron chi connectivity index (χ4n) is 3.27. The average Bonchev–Trinajstić information content (AvgIpc) is 2.48. The van der Waals surface area contributed by atoms with Crippen molar-refractivity contribution >= 4 is 5.97 Å². The summed E-state index contributed by atoms with van der Waals surface area (Å²) in [4.78, 5) is 18.3. The van der Waals surface area contributed by atoms with Crippen molar-refractivity contribution in [3.8, 4) is 0 Å². The third-order valence-electron chi connectivity index (χ3n) is 4.63. The van der Waals surface area contributed by atoms with E-state index in [2.05, 4.69) is 29.8 Å². The smallest absolute Gasteiger partial charge is 0.310 e. The molecule has 1 aromatic heterocycles. The molecule has 116 valence electrons. The molecule has 1 saturated heterocycles. The molecule has 0 aliphatic carbocycles. The molecule has 1 N–H and O–H groups in total. The van der Waals surface area contributed by atoms with E-state index < -0.39 is 11.4 Å². The summed E-state index contributed by atoms with van der Waals surface area (Å²) in [5.74, 6) is -0.626. The Morgan fingerprint density at radius 2 is 2.33 bits per heavy atom. The number of hydrogen-bond acceptors (Lipinski definition) is 3. The number of likely N-dealkylation sites (tertiary alicyclic amines) is 1. The van der Waals surface area contributed by atoms with E-state index in [4.69, 9.17) is 0 Å². The first-order valence-electron chi connectivity index (χ1n) is 7.90. The summed E-state index contributed by atoms with van der Waals surface area (Å²) in [7, 11) is 0. The van der Waals surface area contributed by atoms with Crippen molar-refractivity contribution in [2.75, 3.05) is 13.1 Å². The van der Waals surface area contributed by atoms with Gasteiger partial charge >= 0.3 is 5.97 Å². The Labute approximate surface area is 127 Å². The summed E-state index contributed by atoms with van der Waals surface area (Å²) >= 11 is 0. The van der Waals surface area contributed by atoms with Crippen molar-refractivity contribution in [1.82, 2.24) is 9.88 Å². The summed E-state index contributed by atoms with van der Waals surface area (Å²) < 4.78 is 0. The predicted molar refractivity (Wildman–Crippen MR) is 83.2 cm³/mol. The molecule has 0 amide bonds.